The van der Waals surface area contributed by atoms with E-state index in [2.05, 4.69) is 15.6 Å². The van der Waals surface area contributed by atoms with E-state index in [1.54, 1.807) is 11.6 Å². The summed E-state index contributed by atoms with van der Waals surface area (Å²) in [4.78, 5) is 11.9. The molecule has 0 radical (unpaired) electrons. The first kappa shape index (κ1) is 15.6. The van der Waals surface area contributed by atoms with Crippen LogP contribution in [0.25, 0.3) is 0 Å². The monoisotopic (exact) mass is 302 g/mol. The van der Waals surface area contributed by atoms with Crippen LogP contribution in [0.1, 0.15) is 23.9 Å². The lowest BCUT2D eigenvalue weighted by Gasteiger charge is -2.06. The quantitative estimate of drug-likeness (QED) is 0.452. The van der Waals surface area contributed by atoms with Crippen molar-refractivity contribution < 1.29 is 15.0 Å². The third-order valence-corrected chi connectivity index (χ3v) is 3.11. The van der Waals surface area contributed by atoms with Gasteiger partial charge in [0.2, 0.25) is 0 Å². The van der Waals surface area contributed by atoms with Gasteiger partial charge in [-0.2, -0.15) is 10.2 Å². The predicted molar refractivity (Wildman–Crippen MR) is 81.8 cm³/mol. The number of hydrazone groups is 1. The van der Waals surface area contributed by atoms with Crippen molar-refractivity contribution in [3.8, 4) is 11.5 Å². The third kappa shape index (κ3) is 3.63. The molecule has 7 heteroatoms. The fraction of sp³-hybridized carbons (Fsp3) is 0.267. The predicted octanol–water partition coefficient (Wildman–Crippen LogP) is 1.45. The minimum absolute atomic E-state index is 0.0105. The van der Waals surface area contributed by atoms with Crippen molar-refractivity contribution in [2.75, 3.05) is 0 Å². The number of aromatic hydroxyl groups is 2. The van der Waals surface area contributed by atoms with E-state index in [0.29, 0.717) is 11.3 Å². The Morgan fingerprint density at radius 2 is 2.05 bits per heavy atom. The lowest BCUT2D eigenvalue weighted by atomic mass is 10.1. The standard InChI is InChI=1S/C15H18N4O3/c1-9-6-10(2)19(18-9)8-15(22)17-16-11(3)13-7-12(20)4-5-14(13)21/h4-7,20-21H,8H2,1-3H3,(H,17,22)/b16-11+. The van der Waals surface area contributed by atoms with Gasteiger partial charge in [0, 0.05) is 11.3 Å². The average molecular weight is 302 g/mol. The van der Waals surface area contributed by atoms with Gasteiger partial charge in [-0.05, 0) is 45.0 Å². The van der Waals surface area contributed by atoms with E-state index < -0.39 is 0 Å². The molecule has 1 heterocycles. The summed E-state index contributed by atoms with van der Waals surface area (Å²) in [5.41, 5.74) is 4.88. The Morgan fingerprint density at radius 3 is 2.68 bits per heavy atom. The molecule has 0 unspecified atom stereocenters. The number of nitrogens with one attached hydrogen (secondary N) is 1. The van der Waals surface area contributed by atoms with E-state index in [9.17, 15) is 15.0 Å². The van der Waals surface area contributed by atoms with Gasteiger partial charge in [0.1, 0.15) is 18.0 Å². The van der Waals surface area contributed by atoms with Crippen LogP contribution in [0.4, 0.5) is 0 Å². The number of phenolic OH excluding ortho intramolecular Hbond substituents is 2. The first-order chi connectivity index (χ1) is 10.4. The maximum atomic E-state index is 11.9. The van der Waals surface area contributed by atoms with Crippen molar-refractivity contribution in [3.63, 3.8) is 0 Å². The van der Waals surface area contributed by atoms with Crippen LogP contribution in [0.5, 0.6) is 11.5 Å². The van der Waals surface area contributed by atoms with E-state index in [0.717, 1.165) is 11.4 Å². The topological polar surface area (TPSA) is 99.7 Å². The Balaban J connectivity index is 2.05. The summed E-state index contributed by atoms with van der Waals surface area (Å²) in [6.07, 6.45) is 0. The Labute approximate surface area is 127 Å². The maximum absolute atomic E-state index is 11.9. The minimum Gasteiger partial charge on any atom is -0.508 e. The van der Waals surface area contributed by atoms with Gasteiger partial charge < -0.3 is 10.2 Å². The highest BCUT2D eigenvalue weighted by Crippen LogP contribution is 2.22. The van der Waals surface area contributed by atoms with E-state index in [1.165, 1.54) is 18.2 Å². The number of hydrogen-bond donors (Lipinski definition) is 3. The van der Waals surface area contributed by atoms with Gasteiger partial charge in [-0.3, -0.25) is 9.48 Å². The highest BCUT2D eigenvalue weighted by atomic mass is 16.3. The van der Waals surface area contributed by atoms with Crippen molar-refractivity contribution in [2.45, 2.75) is 27.3 Å². The molecule has 3 N–H and O–H groups in total. The first-order valence-corrected chi connectivity index (χ1v) is 6.73. The molecule has 0 aliphatic heterocycles. The molecular formula is C15H18N4O3. The SMILES string of the molecule is C/C(=N\NC(=O)Cn1nc(C)cc1C)c1cc(O)ccc1O. The molecule has 1 aromatic carbocycles. The number of carbonyl (C=O) groups is 1. The molecule has 22 heavy (non-hydrogen) atoms. The van der Waals surface area contributed by atoms with Gasteiger partial charge in [0.15, 0.2) is 0 Å². The molecule has 1 amide bonds. The minimum atomic E-state index is -0.329. The molecule has 0 spiro atoms. The Hall–Kier alpha value is -2.83. The van der Waals surface area contributed by atoms with E-state index in [-0.39, 0.29) is 24.0 Å². The molecule has 0 atom stereocenters. The zero-order valence-electron chi connectivity index (χ0n) is 12.7. The van der Waals surface area contributed by atoms with Crippen LogP contribution in [0.2, 0.25) is 0 Å². The van der Waals surface area contributed by atoms with Crippen LogP contribution in [0, 0.1) is 13.8 Å². The van der Waals surface area contributed by atoms with Crippen LogP contribution in [0.15, 0.2) is 29.4 Å². The second kappa shape index (κ2) is 6.30. The van der Waals surface area contributed by atoms with Crippen molar-refractivity contribution in [3.05, 3.63) is 41.2 Å². The van der Waals surface area contributed by atoms with Crippen LogP contribution in [0.3, 0.4) is 0 Å². The zero-order chi connectivity index (χ0) is 16.3. The molecular weight excluding hydrogens is 284 g/mol. The zero-order valence-corrected chi connectivity index (χ0v) is 12.7. The summed E-state index contributed by atoms with van der Waals surface area (Å²) in [6, 6.07) is 5.99. The summed E-state index contributed by atoms with van der Waals surface area (Å²) in [5.74, 6) is -0.339. The number of aryl methyl sites for hydroxylation is 2. The van der Waals surface area contributed by atoms with Crippen LogP contribution in [-0.4, -0.2) is 31.6 Å². The maximum Gasteiger partial charge on any atom is 0.261 e. The number of hydrogen-bond acceptors (Lipinski definition) is 5. The average Bonchev–Trinajstić information content (AvgIpc) is 2.77. The third-order valence-electron chi connectivity index (χ3n) is 3.11. The second-order valence-corrected chi connectivity index (χ2v) is 5.02. The van der Waals surface area contributed by atoms with Crippen LogP contribution in [-0.2, 0) is 11.3 Å². The summed E-state index contributed by atoms with van der Waals surface area (Å²) in [6.45, 7) is 5.40. The Morgan fingerprint density at radius 1 is 1.32 bits per heavy atom. The normalized spacial score (nSPS) is 11.5. The van der Waals surface area contributed by atoms with Crippen LogP contribution < -0.4 is 5.43 Å². The molecule has 1 aromatic heterocycles. The van der Waals surface area contributed by atoms with E-state index in [4.69, 9.17) is 0 Å². The number of benzene rings is 1. The molecule has 0 aliphatic carbocycles. The molecule has 0 fully saturated rings. The first-order valence-electron chi connectivity index (χ1n) is 6.73. The van der Waals surface area contributed by atoms with Gasteiger partial charge in [0.05, 0.1) is 11.4 Å². The van der Waals surface area contributed by atoms with Gasteiger partial charge >= 0.3 is 0 Å². The van der Waals surface area contributed by atoms with Crippen molar-refractivity contribution in [1.29, 1.82) is 0 Å². The number of rotatable bonds is 4. The van der Waals surface area contributed by atoms with Gasteiger partial charge in [0.25, 0.3) is 5.91 Å². The number of nitrogens with zero attached hydrogens (tertiary/aromatic N) is 3. The highest BCUT2D eigenvalue weighted by Gasteiger charge is 2.09. The Bertz CT molecular complexity index is 734. The lowest BCUT2D eigenvalue weighted by molar-refractivity contribution is -0.121. The van der Waals surface area contributed by atoms with Gasteiger partial charge in [-0.1, -0.05) is 0 Å². The largest absolute Gasteiger partial charge is 0.508 e. The smallest absolute Gasteiger partial charge is 0.261 e. The number of phenols is 2. The molecule has 2 rings (SSSR count). The Kier molecular flexibility index (Phi) is 4.45. The highest BCUT2D eigenvalue weighted by molar-refractivity contribution is 6.01. The van der Waals surface area contributed by atoms with Crippen LogP contribution >= 0.6 is 0 Å². The lowest BCUT2D eigenvalue weighted by Crippen LogP contribution is -2.25. The fourth-order valence-corrected chi connectivity index (χ4v) is 2.03. The summed E-state index contributed by atoms with van der Waals surface area (Å²) < 4.78 is 1.58. The van der Waals surface area contributed by atoms with Gasteiger partial charge in [-0.15, -0.1) is 0 Å². The second-order valence-electron chi connectivity index (χ2n) is 5.02. The molecule has 0 aliphatic rings. The number of carbonyl (C=O) groups excluding carboxylic acids is 1. The van der Waals surface area contributed by atoms with Gasteiger partial charge in [-0.25, -0.2) is 5.43 Å². The molecule has 0 saturated heterocycles. The molecule has 0 bridgehead atoms. The molecule has 116 valence electrons. The fourth-order valence-electron chi connectivity index (χ4n) is 2.03. The summed E-state index contributed by atoms with van der Waals surface area (Å²) in [7, 11) is 0. The summed E-state index contributed by atoms with van der Waals surface area (Å²) in [5, 5.41) is 27.3. The molecule has 7 nitrogen and oxygen atoms in total. The van der Waals surface area contributed by atoms with Crippen molar-refractivity contribution >= 4 is 11.6 Å². The summed E-state index contributed by atoms with van der Waals surface area (Å²) >= 11 is 0. The number of aromatic nitrogens is 2. The number of amides is 1. The van der Waals surface area contributed by atoms with Crippen molar-refractivity contribution in [1.82, 2.24) is 15.2 Å². The van der Waals surface area contributed by atoms with Crippen molar-refractivity contribution in [2.24, 2.45) is 5.10 Å². The molecule has 0 saturated carbocycles. The van der Waals surface area contributed by atoms with E-state index in [1.807, 2.05) is 19.9 Å². The van der Waals surface area contributed by atoms with E-state index >= 15 is 0 Å². The molecule has 2 aromatic rings.